The molecule has 21 heavy (non-hydrogen) atoms. The maximum absolute atomic E-state index is 12.6. The molecule has 6 nitrogen and oxygen atoms in total. The van der Waals surface area contributed by atoms with Crippen LogP contribution in [0, 0.1) is 0 Å². The van der Waals surface area contributed by atoms with Gasteiger partial charge in [0.25, 0.3) is 5.91 Å². The van der Waals surface area contributed by atoms with E-state index in [1.54, 1.807) is 13.8 Å². The van der Waals surface area contributed by atoms with Gasteiger partial charge in [-0.05, 0) is 27.2 Å². The van der Waals surface area contributed by atoms with Gasteiger partial charge in [0.15, 0.2) is 5.54 Å². The van der Waals surface area contributed by atoms with Crippen LogP contribution in [0.2, 0.25) is 0 Å². The van der Waals surface area contributed by atoms with Crippen molar-refractivity contribution >= 4 is 11.9 Å². The number of nitrogens with zero attached hydrogens (tertiary/aromatic N) is 1. The fraction of sp³-hybridized carbons (Fsp3) is 0.846. The van der Waals surface area contributed by atoms with Crippen molar-refractivity contribution in [2.75, 3.05) is 0 Å². The van der Waals surface area contributed by atoms with Gasteiger partial charge in [-0.15, -0.1) is 0 Å². The SMILES string of the molecule is CCCCC1(C(C)(O)OC(F)F)NC(=O)N(C(C)C)C1=O. The molecule has 0 aromatic heterocycles. The highest BCUT2D eigenvalue weighted by atomic mass is 19.3. The van der Waals surface area contributed by atoms with E-state index in [4.69, 9.17) is 0 Å². The third-order valence-electron chi connectivity index (χ3n) is 3.66. The molecule has 0 aromatic carbocycles. The summed E-state index contributed by atoms with van der Waals surface area (Å²) in [6, 6.07) is -1.17. The van der Waals surface area contributed by atoms with Crippen LogP contribution in [0.15, 0.2) is 0 Å². The van der Waals surface area contributed by atoms with Crippen molar-refractivity contribution in [3.63, 3.8) is 0 Å². The first kappa shape index (κ1) is 17.8. The Morgan fingerprint density at radius 1 is 1.43 bits per heavy atom. The van der Waals surface area contributed by atoms with E-state index in [2.05, 4.69) is 10.1 Å². The summed E-state index contributed by atoms with van der Waals surface area (Å²) in [5.74, 6) is -3.26. The second-order valence-corrected chi connectivity index (χ2v) is 5.57. The number of unbranched alkanes of at least 4 members (excludes halogenated alkanes) is 1. The molecule has 8 heteroatoms. The zero-order valence-corrected chi connectivity index (χ0v) is 12.7. The number of alkyl halides is 2. The molecule has 122 valence electrons. The molecule has 3 amide bonds. The molecule has 1 saturated heterocycles. The lowest BCUT2D eigenvalue weighted by atomic mass is 9.84. The summed E-state index contributed by atoms with van der Waals surface area (Å²) in [6.45, 7) is 2.79. The largest absolute Gasteiger partial charge is 0.363 e. The lowest BCUT2D eigenvalue weighted by Gasteiger charge is -2.39. The van der Waals surface area contributed by atoms with Gasteiger partial charge in [-0.1, -0.05) is 19.8 Å². The third kappa shape index (κ3) is 3.16. The normalized spacial score (nSPS) is 25.7. The Bertz CT molecular complexity index is 415. The summed E-state index contributed by atoms with van der Waals surface area (Å²) >= 11 is 0. The van der Waals surface area contributed by atoms with Gasteiger partial charge in [0.05, 0.1) is 0 Å². The standard InChI is InChI=1S/C13H22F2N2O4/c1-5-6-7-13(12(4,20)21-10(14)15)9(18)17(8(2)3)11(19)16-13/h8,10,20H,5-7H2,1-4H3,(H,16,19). The van der Waals surface area contributed by atoms with Crippen LogP contribution in [-0.2, 0) is 9.53 Å². The van der Waals surface area contributed by atoms with E-state index < -0.39 is 35.9 Å². The van der Waals surface area contributed by atoms with Gasteiger partial charge in [-0.25, -0.2) is 4.79 Å². The van der Waals surface area contributed by atoms with Crippen LogP contribution in [0.5, 0.6) is 0 Å². The summed E-state index contributed by atoms with van der Waals surface area (Å²) in [5.41, 5.74) is -1.90. The predicted molar refractivity (Wildman–Crippen MR) is 70.5 cm³/mol. The Kier molecular flexibility index (Phi) is 5.27. The Morgan fingerprint density at radius 3 is 2.38 bits per heavy atom. The first-order chi connectivity index (χ1) is 9.59. The van der Waals surface area contributed by atoms with E-state index in [0.29, 0.717) is 12.8 Å². The monoisotopic (exact) mass is 308 g/mol. The van der Waals surface area contributed by atoms with E-state index in [-0.39, 0.29) is 6.42 Å². The zero-order chi connectivity index (χ0) is 16.4. The van der Waals surface area contributed by atoms with Crippen molar-refractivity contribution in [3.8, 4) is 0 Å². The Balaban J connectivity index is 3.23. The number of ether oxygens (including phenoxy) is 1. The molecule has 1 aliphatic rings. The van der Waals surface area contributed by atoms with Crippen LogP contribution in [0.3, 0.4) is 0 Å². The average molecular weight is 308 g/mol. The number of amides is 3. The van der Waals surface area contributed by atoms with Crippen molar-refractivity contribution in [3.05, 3.63) is 0 Å². The summed E-state index contributed by atoms with van der Waals surface area (Å²) in [7, 11) is 0. The minimum Gasteiger partial charge on any atom is -0.363 e. The molecule has 2 atom stereocenters. The quantitative estimate of drug-likeness (QED) is 0.555. The van der Waals surface area contributed by atoms with Crippen LogP contribution < -0.4 is 5.32 Å². The summed E-state index contributed by atoms with van der Waals surface area (Å²) in [4.78, 5) is 25.5. The van der Waals surface area contributed by atoms with E-state index in [1.807, 2.05) is 6.92 Å². The van der Waals surface area contributed by atoms with E-state index in [9.17, 15) is 23.5 Å². The molecule has 1 rings (SSSR count). The number of carbonyl (C=O) groups excluding carboxylic acids is 2. The van der Waals surface area contributed by atoms with Crippen LogP contribution in [-0.4, -0.2) is 45.9 Å². The van der Waals surface area contributed by atoms with Gasteiger partial charge in [0.2, 0.25) is 5.79 Å². The number of carbonyl (C=O) groups is 2. The van der Waals surface area contributed by atoms with Gasteiger partial charge < -0.3 is 10.4 Å². The van der Waals surface area contributed by atoms with Crippen molar-refractivity contribution < 1.29 is 28.2 Å². The number of imide groups is 1. The molecule has 1 aliphatic heterocycles. The Morgan fingerprint density at radius 2 is 2.00 bits per heavy atom. The summed E-state index contributed by atoms with van der Waals surface area (Å²) in [5, 5.41) is 12.6. The molecule has 0 bridgehead atoms. The highest BCUT2D eigenvalue weighted by molar-refractivity contribution is 6.08. The summed E-state index contributed by atoms with van der Waals surface area (Å²) < 4.78 is 29.3. The number of urea groups is 1. The van der Waals surface area contributed by atoms with Crippen molar-refractivity contribution in [1.29, 1.82) is 0 Å². The van der Waals surface area contributed by atoms with Gasteiger partial charge in [0, 0.05) is 6.04 Å². The van der Waals surface area contributed by atoms with Crippen LogP contribution >= 0.6 is 0 Å². The number of aliphatic hydroxyl groups is 1. The molecule has 0 saturated carbocycles. The van der Waals surface area contributed by atoms with Gasteiger partial charge in [-0.2, -0.15) is 8.78 Å². The second kappa shape index (κ2) is 6.23. The Hall–Kier alpha value is -1.28. The van der Waals surface area contributed by atoms with Crippen molar-refractivity contribution in [1.82, 2.24) is 10.2 Å². The highest BCUT2D eigenvalue weighted by Gasteiger charge is 2.63. The maximum atomic E-state index is 12.6. The van der Waals surface area contributed by atoms with Crippen molar-refractivity contribution in [2.24, 2.45) is 0 Å². The highest BCUT2D eigenvalue weighted by Crippen LogP contribution is 2.36. The molecule has 1 heterocycles. The lowest BCUT2D eigenvalue weighted by molar-refractivity contribution is -0.309. The number of halogens is 2. The average Bonchev–Trinajstić information content (AvgIpc) is 2.57. The number of hydrogen-bond donors (Lipinski definition) is 2. The molecule has 2 unspecified atom stereocenters. The fourth-order valence-electron chi connectivity index (χ4n) is 2.49. The maximum Gasteiger partial charge on any atom is 0.347 e. The second-order valence-electron chi connectivity index (χ2n) is 5.57. The minimum atomic E-state index is -3.27. The zero-order valence-electron chi connectivity index (χ0n) is 12.7. The van der Waals surface area contributed by atoms with Crippen molar-refractivity contribution in [2.45, 2.75) is 70.9 Å². The van der Waals surface area contributed by atoms with E-state index >= 15 is 0 Å². The first-order valence-electron chi connectivity index (χ1n) is 6.93. The van der Waals surface area contributed by atoms with Crippen LogP contribution in [0.1, 0.15) is 47.0 Å². The van der Waals surface area contributed by atoms with Gasteiger partial charge >= 0.3 is 12.6 Å². The molecule has 0 radical (unpaired) electrons. The molecular formula is C13H22F2N2O4. The fourth-order valence-corrected chi connectivity index (χ4v) is 2.49. The summed E-state index contributed by atoms with van der Waals surface area (Å²) in [6.07, 6.45) is 1.13. The molecule has 0 aromatic rings. The number of nitrogens with one attached hydrogen (secondary N) is 1. The molecule has 2 N–H and O–H groups in total. The van der Waals surface area contributed by atoms with E-state index in [0.717, 1.165) is 11.8 Å². The Labute approximate surface area is 122 Å². The third-order valence-corrected chi connectivity index (χ3v) is 3.66. The van der Waals surface area contributed by atoms with Gasteiger partial charge in [0.1, 0.15) is 0 Å². The molecule has 0 aliphatic carbocycles. The van der Waals surface area contributed by atoms with Crippen LogP contribution in [0.25, 0.3) is 0 Å². The molecular weight excluding hydrogens is 286 g/mol. The topological polar surface area (TPSA) is 78.9 Å². The predicted octanol–water partition coefficient (Wildman–Crippen LogP) is 1.82. The first-order valence-corrected chi connectivity index (χ1v) is 6.93. The van der Waals surface area contributed by atoms with Gasteiger partial charge in [-0.3, -0.25) is 14.4 Å². The molecule has 1 fully saturated rings. The lowest BCUT2D eigenvalue weighted by Crippen LogP contribution is -2.65. The van der Waals surface area contributed by atoms with Crippen LogP contribution in [0.4, 0.5) is 13.6 Å². The number of rotatable bonds is 7. The van der Waals surface area contributed by atoms with E-state index in [1.165, 1.54) is 0 Å². The minimum absolute atomic E-state index is 0.0109. The smallest absolute Gasteiger partial charge is 0.347 e. The number of hydrogen-bond acceptors (Lipinski definition) is 4. The molecule has 0 spiro atoms.